The lowest BCUT2D eigenvalue weighted by atomic mass is 9.99. The second-order valence-electron chi connectivity index (χ2n) is 6.43. The number of anilines is 1. The molecule has 1 fully saturated rings. The van der Waals surface area contributed by atoms with Gasteiger partial charge < -0.3 is 9.88 Å². The number of imidazole rings is 1. The summed E-state index contributed by atoms with van der Waals surface area (Å²) in [5.41, 5.74) is 3.65. The molecule has 1 atom stereocenters. The van der Waals surface area contributed by atoms with E-state index in [9.17, 15) is 0 Å². The summed E-state index contributed by atoms with van der Waals surface area (Å²) in [5.74, 6) is 2.79. The van der Waals surface area contributed by atoms with Gasteiger partial charge in [0.15, 0.2) is 0 Å². The summed E-state index contributed by atoms with van der Waals surface area (Å²) in [7, 11) is 0. The number of nitrogens with one attached hydrogen (secondary N) is 1. The highest BCUT2D eigenvalue weighted by molar-refractivity contribution is 7.99. The Morgan fingerprint density at radius 1 is 1.21 bits per heavy atom. The van der Waals surface area contributed by atoms with E-state index in [1.807, 2.05) is 11.8 Å². The van der Waals surface area contributed by atoms with Crippen LogP contribution in [0.2, 0.25) is 0 Å². The smallest absolute Gasteiger partial charge is 0.203 e. The molecule has 0 spiro atoms. The predicted octanol–water partition coefficient (Wildman–Crippen LogP) is 5.06. The van der Waals surface area contributed by atoms with E-state index in [1.165, 1.54) is 23.3 Å². The zero-order chi connectivity index (χ0) is 16.4. The van der Waals surface area contributed by atoms with Crippen LogP contribution in [-0.2, 0) is 0 Å². The van der Waals surface area contributed by atoms with Gasteiger partial charge in [0, 0.05) is 23.9 Å². The molecule has 2 aromatic carbocycles. The molecule has 1 aromatic heterocycles. The van der Waals surface area contributed by atoms with Crippen LogP contribution in [0, 0.1) is 0 Å². The first kappa shape index (κ1) is 15.6. The molecule has 4 rings (SSSR count). The monoisotopic (exact) mass is 337 g/mol. The fraction of sp³-hybridized carbons (Fsp3) is 0.350. The van der Waals surface area contributed by atoms with Gasteiger partial charge in [0.2, 0.25) is 5.95 Å². The van der Waals surface area contributed by atoms with Gasteiger partial charge in [0.25, 0.3) is 0 Å². The number of aromatic nitrogens is 2. The van der Waals surface area contributed by atoms with Crippen molar-refractivity contribution in [3.63, 3.8) is 0 Å². The molecule has 1 unspecified atom stereocenters. The van der Waals surface area contributed by atoms with Crippen molar-refractivity contribution in [2.75, 3.05) is 23.7 Å². The predicted molar refractivity (Wildman–Crippen MR) is 103 cm³/mol. The first-order chi connectivity index (χ1) is 11.8. The second kappa shape index (κ2) is 6.89. The van der Waals surface area contributed by atoms with Gasteiger partial charge in [-0.2, -0.15) is 0 Å². The van der Waals surface area contributed by atoms with Gasteiger partial charge in [0.05, 0.1) is 11.0 Å². The third-order valence-electron chi connectivity index (χ3n) is 4.67. The summed E-state index contributed by atoms with van der Waals surface area (Å²) in [6.07, 6.45) is 2.39. The average molecular weight is 337 g/mol. The van der Waals surface area contributed by atoms with Crippen LogP contribution in [0.15, 0.2) is 53.4 Å². The van der Waals surface area contributed by atoms with Gasteiger partial charge in [-0.25, -0.2) is 4.98 Å². The average Bonchev–Trinajstić information content (AvgIpc) is 3.27. The quantitative estimate of drug-likeness (QED) is 0.661. The number of aromatic amines is 1. The summed E-state index contributed by atoms with van der Waals surface area (Å²) < 4.78 is 0. The van der Waals surface area contributed by atoms with Gasteiger partial charge in [-0.1, -0.05) is 37.3 Å². The van der Waals surface area contributed by atoms with Crippen LogP contribution < -0.4 is 4.90 Å². The highest BCUT2D eigenvalue weighted by Gasteiger charge is 2.25. The molecule has 0 amide bonds. The molecule has 24 heavy (non-hydrogen) atoms. The van der Waals surface area contributed by atoms with Crippen molar-refractivity contribution in [2.45, 2.75) is 30.6 Å². The number of thioether (sulfide) groups is 1. The van der Waals surface area contributed by atoms with Gasteiger partial charge in [-0.3, -0.25) is 0 Å². The maximum Gasteiger partial charge on any atom is 0.203 e. The number of hydrogen-bond donors (Lipinski definition) is 1. The van der Waals surface area contributed by atoms with Crippen molar-refractivity contribution < 1.29 is 0 Å². The number of fused-ring (bicyclic) bond motifs is 1. The van der Waals surface area contributed by atoms with Crippen LogP contribution in [0.5, 0.6) is 0 Å². The molecule has 3 aromatic rings. The minimum atomic E-state index is 0.607. The molecule has 1 aliphatic rings. The maximum absolute atomic E-state index is 4.81. The van der Waals surface area contributed by atoms with Crippen molar-refractivity contribution in [1.29, 1.82) is 0 Å². The van der Waals surface area contributed by atoms with Crippen molar-refractivity contribution in [3.8, 4) is 0 Å². The molecule has 2 heterocycles. The van der Waals surface area contributed by atoms with Crippen molar-refractivity contribution in [3.05, 3.63) is 54.1 Å². The van der Waals surface area contributed by atoms with Gasteiger partial charge in [-0.15, -0.1) is 11.8 Å². The lowest BCUT2D eigenvalue weighted by Gasteiger charge is -2.15. The molecule has 124 valence electrons. The van der Waals surface area contributed by atoms with E-state index in [0.717, 1.165) is 35.8 Å². The number of rotatable bonds is 5. The molecule has 1 aliphatic heterocycles. The topological polar surface area (TPSA) is 31.9 Å². The van der Waals surface area contributed by atoms with Crippen LogP contribution in [0.1, 0.15) is 31.2 Å². The molecule has 0 bridgehead atoms. The first-order valence-electron chi connectivity index (χ1n) is 8.76. The van der Waals surface area contributed by atoms with Crippen LogP contribution in [-0.4, -0.2) is 28.8 Å². The largest absolute Gasteiger partial charge is 0.342 e. The Hall–Kier alpha value is -1.94. The zero-order valence-electron chi connectivity index (χ0n) is 14.0. The molecule has 3 nitrogen and oxygen atoms in total. The Balaban J connectivity index is 1.52. The zero-order valence-corrected chi connectivity index (χ0v) is 14.9. The van der Waals surface area contributed by atoms with Crippen molar-refractivity contribution >= 4 is 28.7 Å². The molecule has 4 heteroatoms. The normalized spacial score (nSPS) is 17.7. The first-order valence-corrected chi connectivity index (χ1v) is 9.74. The van der Waals surface area contributed by atoms with Gasteiger partial charge in [0.1, 0.15) is 0 Å². The standard InChI is InChI=1S/C20H23N3S/c1-2-12-24-17-8-9-18-19(13-17)22-20(21-18)23-11-10-16(14-23)15-6-4-3-5-7-15/h3-9,13,16H,2,10-12,14H2,1H3,(H,21,22). The fourth-order valence-electron chi connectivity index (χ4n) is 3.38. The number of H-pyrrole nitrogens is 1. The van der Waals surface area contributed by atoms with Crippen molar-refractivity contribution in [1.82, 2.24) is 9.97 Å². The lowest BCUT2D eigenvalue weighted by Crippen LogP contribution is -2.20. The van der Waals surface area contributed by atoms with E-state index < -0.39 is 0 Å². The highest BCUT2D eigenvalue weighted by atomic mass is 32.2. The summed E-state index contributed by atoms with van der Waals surface area (Å²) in [6, 6.07) is 17.4. The number of benzene rings is 2. The molecule has 1 N–H and O–H groups in total. The number of hydrogen-bond acceptors (Lipinski definition) is 3. The van der Waals surface area contributed by atoms with Crippen LogP contribution in [0.4, 0.5) is 5.95 Å². The lowest BCUT2D eigenvalue weighted by molar-refractivity contribution is 0.773. The minimum absolute atomic E-state index is 0.607. The maximum atomic E-state index is 4.81. The molecular formula is C20H23N3S. The SMILES string of the molecule is CCCSc1ccc2nc(N3CCC(c4ccccc4)C3)[nH]c2c1. The van der Waals surface area contributed by atoms with E-state index >= 15 is 0 Å². The van der Waals surface area contributed by atoms with E-state index in [4.69, 9.17) is 4.98 Å². The summed E-state index contributed by atoms with van der Waals surface area (Å²) in [4.78, 5) is 12.0. The van der Waals surface area contributed by atoms with Gasteiger partial charge >= 0.3 is 0 Å². The molecule has 0 radical (unpaired) electrons. The Bertz CT molecular complexity index is 812. The van der Waals surface area contributed by atoms with E-state index in [0.29, 0.717) is 5.92 Å². The minimum Gasteiger partial charge on any atom is -0.342 e. The van der Waals surface area contributed by atoms with Gasteiger partial charge in [-0.05, 0) is 42.4 Å². The Labute approximate surface area is 147 Å². The third-order valence-corrected chi connectivity index (χ3v) is 5.87. The Morgan fingerprint density at radius 2 is 2.08 bits per heavy atom. The molecule has 1 saturated heterocycles. The van der Waals surface area contributed by atoms with E-state index in [1.54, 1.807) is 0 Å². The van der Waals surface area contributed by atoms with E-state index in [2.05, 4.69) is 65.3 Å². The van der Waals surface area contributed by atoms with Crippen LogP contribution in [0.25, 0.3) is 11.0 Å². The Kier molecular flexibility index (Phi) is 4.48. The fourth-order valence-corrected chi connectivity index (χ4v) is 4.19. The molecule has 0 saturated carbocycles. The van der Waals surface area contributed by atoms with E-state index in [-0.39, 0.29) is 0 Å². The second-order valence-corrected chi connectivity index (χ2v) is 7.60. The highest BCUT2D eigenvalue weighted by Crippen LogP contribution is 2.31. The summed E-state index contributed by atoms with van der Waals surface area (Å²) >= 11 is 1.91. The third kappa shape index (κ3) is 3.16. The van der Waals surface area contributed by atoms with Crippen LogP contribution in [0.3, 0.4) is 0 Å². The summed E-state index contributed by atoms with van der Waals surface area (Å²) in [5, 5.41) is 0. The molecular weight excluding hydrogens is 314 g/mol. The number of nitrogens with zero attached hydrogens (tertiary/aromatic N) is 2. The van der Waals surface area contributed by atoms with Crippen molar-refractivity contribution in [2.24, 2.45) is 0 Å². The molecule has 0 aliphatic carbocycles. The van der Waals surface area contributed by atoms with Crippen LogP contribution >= 0.6 is 11.8 Å². The summed E-state index contributed by atoms with van der Waals surface area (Å²) in [6.45, 7) is 4.33. The Morgan fingerprint density at radius 3 is 2.92 bits per heavy atom.